The van der Waals surface area contributed by atoms with Crippen molar-refractivity contribution in [2.24, 2.45) is 0 Å². The van der Waals surface area contributed by atoms with E-state index in [1.807, 2.05) is 0 Å². The number of nitrogens with two attached hydrogens (primary N) is 1. The molecule has 5 nitrogen and oxygen atoms in total. The zero-order valence-corrected chi connectivity index (χ0v) is 7.36. The number of nitrogens with one attached hydrogen (secondary N) is 1. The highest BCUT2D eigenvalue weighted by Gasteiger charge is 2.24. The number of carboxylic acid groups (broad SMARTS) is 1. The zero-order valence-electron chi connectivity index (χ0n) is 7.36. The topological polar surface area (TPSA) is 84.6 Å². The molecule has 4 N–H and O–H groups in total. The van der Waals surface area contributed by atoms with Crippen molar-refractivity contribution in [1.29, 1.82) is 0 Å². The van der Waals surface area contributed by atoms with E-state index in [1.54, 1.807) is 18.2 Å². The van der Waals surface area contributed by atoms with Crippen LogP contribution in [-0.4, -0.2) is 23.7 Å². The minimum absolute atomic E-state index is 0.131. The van der Waals surface area contributed by atoms with Crippen LogP contribution in [0, 0.1) is 0 Å². The molecule has 1 heterocycles. The SMILES string of the molecule is Nc1ccc2c(c1)NC(C(=O)O)CO2. The van der Waals surface area contributed by atoms with Gasteiger partial charge in [0.1, 0.15) is 12.4 Å². The number of hydrogen-bond donors (Lipinski definition) is 3. The van der Waals surface area contributed by atoms with E-state index in [1.165, 1.54) is 0 Å². The highest BCUT2D eigenvalue weighted by molar-refractivity contribution is 5.80. The molecule has 0 saturated heterocycles. The van der Waals surface area contributed by atoms with E-state index in [-0.39, 0.29) is 6.61 Å². The van der Waals surface area contributed by atoms with Gasteiger partial charge in [-0.3, -0.25) is 0 Å². The van der Waals surface area contributed by atoms with Crippen LogP contribution < -0.4 is 15.8 Å². The molecule has 1 aliphatic heterocycles. The summed E-state index contributed by atoms with van der Waals surface area (Å²) in [5.41, 5.74) is 6.76. The van der Waals surface area contributed by atoms with Crippen LogP contribution in [-0.2, 0) is 4.79 Å². The van der Waals surface area contributed by atoms with Crippen molar-refractivity contribution in [3.05, 3.63) is 18.2 Å². The first-order chi connectivity index (χ1) is 6.66. The molecule has 1 aromatic rings. The van der Waals surface area contributed by atoms with Crippen LogP contribution in [0.5, 0.6) is 5.75 Å². The lowest BCUT2D eigenvalue weighted by molar-refractivity contribution is -0.138. The predicted molar refractivity (Wildman–Crippen MR) is 51.4 cm³/mol. The van der Waals surface area contributed by atoms with Crippen molar-refractivity contribution in [3.63, 3.8) is 0 Å². The summed E-state index contributed by atoms with van der Waals surface area (Å²) in [6.45, 7) is 0.131. The molecule has 0 spiro atoms. The third-order valence-corrected chi connectivity index (χ3v) is 2.04. The van der Waals surface area contributed by atoms with E-state index < -0.39 is 12.0 Å². The van der Waals surface area contributed by atoms with E-state index in [9.17, 15) is 4.79 Å². The number of anilines is 2. The van der Waals surface area contributed by atoms with Crippen LogP contribution in [0.1, 0.15) is 0 Å². The third kappa shape index (κ3) is 1.44. The Morgan fingerprint density at radius 3 is 3.14 bits per heavy atom. The van der Waals surface area contributed by atoms with Crippen molar-refractivity contribution in [2.45, 2.75) is 6.04 Å². The molecule has 2 rings (SSSR count). The number of hydrogen-bond acceptors (Lipinski definition) is 4. The van der Waals surface area contributed by atoms with Crippen LogP contribution in [0.3, 0.4) is 0 Å². The van der Waals surface area contributed by atoms with Gasteiger partial charge in [-0.25, -0.2) is 4.79 Å². The molecule has 1 atom stereocenters. The zero-order chi connectivity index (χ0) is 10.1. The Kier molecular flexibility index (Phi) is 1.92. The van der Waals surface area contributed by atoms with Gasteiger partial charge < -0.3 is 20.9 Å². The number of fused-ring (bicyclic) bond motifs is 1. The van der Waals surface area contributed by atoms with Gasteiger partial charge in [0.25, 0.3) is 0 Å². The molecule has 0 amide bonds. The number of carboxylic acids is 1. The minimum Gasteiger partial charge on any atom is -0.489 e. The quantitative estimate of drug-likeness (QED) is 0.568. The molecular weight excluding hydrogens is 184 g/mol. The fourth-order valence-electron chi connectivity index (χ4n) is 1.32. The predicted octanol–water partition coefficient (Wildman–Crippen LogP) is 0.526. The second-order valence-corrected chi connectivity index (χ2v) is 3.10. The van der Waals surface area contributed by atoms with E-state index in [2.05, 4.69) is 5.32 Å². The second kappa shape index (κ2) is 3.10. The molecule has 0 fully saturated rings. The van der Waals surface area contributed by atoms with Crippen LogP contribution in [0.25, 0.3) is 0 Å². The fourth-order valence-corrected chi connectivity index (χ4v) is 1.32. The van der Waals surface area contributed by atoms with Gasteiger partial charge in [-0.05, 0) is 18.2 Å². The average molecular weight is 194 g/mol. The Balaban J connectivity index is 2.29. The van der Waals surface area contributed by atoms with Crippen LogP contribution in [0.15, 0.2) is 18.2 Å². The van der Waals surface area contributed by atoms with Crippen molar-refractivity contribution in [1.82, 2.24) is 0 Å². The van der Waals surface area contributed by atoms with Crippen LogP contribution in [0.2, 0.25) is 0 Å². The van der Waals surface area contributed by atoms with Crippen LogP contribution >= 0.6 is 0 Å². The van der Waals surface area contributed by atoms with Gasteiger partial charge in [-0.2, -0.15) is 0 Å². The lowest BCUT2D eigenvalue weighted by atomic mass is 10.2. The molecule has 0 aliphatic carbocycles. The van der Waals surface area contributed by atoms with Crippen LogP contribution in [0.4, 0.5) is 11.4 Å². The minimum atomic E-state index is -0.932. The summed E-state index contributed by atoms with van der Waals surface area (Å²) in [6.07, 6.45) is 0. The lowest BCUT2D eigenvalue weighted by Gasteiger charge is -2.24. The first-order valence-corrected chi connectivity index (χ1v) is 4.18. The summed E-state index contributed by atoms with van der Waals surface area (Å²) < 4.78 is 5.25. The monoisotopic (exact) mass is 194 g/mol. The maximum absolute atomic E-state index is 10.7. The Hall–Kier alpha value is -1.91. The van der Waals surface area contributed by atoms with Crippen molar-refractivity contribution in [2.75, 3.05) is 17.7 Å². The highest BCUT2D eigenvalue weighted by atomic mass is 16.5. The summed E-state index contributed by atoms with van der Waals surface area (Å²) in [6, 6.07) is 4.38. The van der Waals surface area contributed by atoms with Gasteiger partial charge in [0.05, 0.1) is 5.69 Å². The van der Waals surface area contributed by atoms with Gasteiger partial charge in [0.15, 0.2) is 6.04 Å². The summed E-state index contributed by atoms with van der Waals surface area (Å²) in [7, 11) is 0. The second-order valence-electron chi connectivity index (χ2n) is 3.10. The normalized spacial score (nSPS) is 19.0. The maximum atomic E-state index is 10.7. The molecule has 1 unspecified atom stereocenters. The largest absolute Gasteiger partial charge is 0.489 e. The number of aliphatic carboxylic acids is 1. The standard InChI is InChI=1S/C9H10N2O3/c10-5-1-2-8-6(3-5)11-7(4-14-8)9(12)13/h1-3,7,11H,4,10H2,(H,12,13). The Morgan fingerprint density at radius 2 is 2.43 bits per heavy atom. The molecule has 14 heavy (non-hydrogen) atoms. The first kappa shape index (κ1) is 8.68. The number of benzene rings is 1. The van der Waals surface area contributed by atoms with Gasteiger partial charge >= 0.3 is 5.97 Å². The van der Waals surface area contributed by atoms with E-state index >= 15 is 0 Å². The number of nitrogen functional groups attached to an aromatic ring is 1. The molecule has 0 aromatic heterocycles. The van der Waals surface area contributed by atoms with E-state index in [0.717, 1.165) is 0 Å². The fraction of sp³-hybridized carbons (Fsp3) is 0.222. The Bertz CT molecular complexity index is 378. The van der Waals surface area contributed by atoms with Gasteiger partial charge in [0.2, 0.25) is 0 Å². The first-order valence-electron chi connectivity index (χ1n) is 4.18. The van der Waals surface area contributed by atoms with Gasteiger partial charge in [-0.1, -0.05) is 0 Å². The molecule has 74 valence electrons. The molecule has 0 saturated carbocycles. The smallest absolute Gasteiger partial charge is 0.329 e. The average Bonchev–Trinajstić information content (AvgIpc) is 2.16. The van der Waals surface area contributed by atoms with Crippen molar-refractivity contribution < 1.29 is 14.6 Å². The molecule has 0 bridgehead atoms. The molecule has 1 aliphatic rings. The van der Waals surface area contributed by atoms with E-state index in [4.69, 9.17) is 15.6 Å². The Labute approximate surface area is 80.5 Å². The maximum Gasteiger partial charge on any atom is 0.329 e. The molecule has 5 heteroatoms. The molecule has 0 radical (unpaired) electrons. The molecule has 1 aromatic carbocycles. The number of rotatable bonds is 1. The van der Waals surface area contributed by atoms with E-state index in [0.29, 0.717) is 17.1 Å². The van der Waals surface area contributed by atoms with Crippen molar-refractivity contribution >= 4 is 17.3 Å². The van der Waals surface area contributed by atoms with Crippen molar-refractivity contribution in [3.8, 4) is 5.75 Å². The summed E-state index contributed by atoms with van der Waals surface area (Å²) in [5, 5.41) is 11.6. The summed E-state index contributed by atoms with van der Waals surface area (Å²) in [4.78, 5) is 10.7. The Morgan fingerprint density at radius 1 is 1.64 bits per heavy atom. The summed E-state index contributed by atoms with van der Waals surface area (Å²) in [5.74, 6) is -0.297. The highest BCUT2D eigenvalue weighted by Crippen LogP contribution is 2.30. The lowest BCUT2D eigenvalue weighted by Crippen LogP contribution is -2.38. The number of carbonyl (C=O) groups is 1. The molecular formula is C9H10N2O3. The van der Waals surface area contributed by atoms with Gasteiger partial charge in [-0.15, -0.1) is 0 Å². The number of ether oxygens (including phenoxy) is 1. The summed E-state index contributed by atoms with van der Waals surface area (Å²) >= 11 is 0. The van der Waals surface area contributed by atoms with Gasteiger partial charge in [0, 0.05) is 5.69 Å². The third-order valence-electron chi connectivity index (χ3n) is 2.04.